The average molecular weight is 232 g/mol. The summed E-state index contributed by atoms with van der Waals surface area (Å²) in [4.78, 5) is 2.30. The quantitative estimate of drug-likeness (QED) is 0.799. The third kappa shape index (κ3) is 2.56. The molecule has 2 unspecified atom stereocenters. The van der Waals surface area contributed by atoms with Gasteiger partial charge in [0, 0.05) is 17.9 Å². The summed E-state index contributed by atoms with van der Waals surface area (Å²) >= 11 is 0. The first kappa shape index (κ1) is 12.3. The van der Waals surface area contributed by atoms with Crippen molar-refractivity contribution in [1.29, 1.82) is 0 Å². The van der Waals surface area contributed by atoms with E-state index >= 15 is 0 Å². The van der Waals surface area contributed by atoms with E-state index in [1.165, 1.54) is 25.7 Å². The molecule has 0 aromatic rings. The van der Waals surface area contributed by atoms with Crippen LogP contribution in [0.5, 0.6) is 0 Å². The van der Waals surface area contributed by atoms with Crippen molar-refractivity contribution in [3.8, 4) is 0 Å². The molecule has 94 valence electrons. The predicted molar refractivity (Wildman–Crippen MR) is 73.0 cm³/mol. The lowest BCUT2D eigenvalue weighted by Crippen LogP contribution is -2.38. The van der Waals surface area contributed by atoms with Crippen LogP contribution in [0, 0.1) is 11.8 Å². The highest BCUT2D eigenvalue weighted by Crippen LogP contribution is 2.38. The zero-order valence-corrected chi connectivity index (χ0v) is 11.1. The van der Waals surface area contributed by atoms with Gasteiger partial charge in [0.25, 0.3) is 0 Å². The van der Waals surface area contributed by atoms with Crippen LogP contribution in [0.15, 0.2) is 37.0 Å². The molecule has 1 saturated carbocycles. The minimum atomic E-state index is 0.607. The molecule has 0 amide bonds. The Morgan fingerprint density at radius 2 is 2.18 bits per heavy atom. The molecule has 2 nitrogen and oxygen atoms in total. The lowest BCUT2D eigenvalue weighted by Gasteiger charge is -2.35. The zero-order valence-electron chi connectivity index (χ0n) is 11.1. The van der Waals surface area contributed by atoms with Crippen LogP contribution >= 0.6 is 0 Å². The van der Waals surface area contributed by atoms with E-state index in [2.05, 4.69) is 43.4 Å². The van der Waals surface area contributed by atoms with Gasteiger partial charge in [-0.1, -0.05) is 39.8 Å². The van der Waals surface area contributed by atoms with Crippen LogP contribution in [-0.4, -0.2) is 10.9 Å². The molecule has 2 rings (SSSR count). The van der Waals surface area contributed by atoms with Crippen molar-refractivity contribution in [2.75, 3.05) is 0 Å². The van der Waals surface area contributed by atoms with Crippen molar-refractivity contribution < 1.29 is 0 Å². The van der Waals surface area contributed by atoms with Crippen LogP contribution in [0.25, 0.3) is 0 Å². The van der Waals surface area contributed by atoms with Gasteiger partial charge in [0.15, 0.2) is 0 Å². The largest absolute Gasteiger partial charge is 0.343 e. The second kappa shape index (κ2) is 4.99. The molecule has 0 radical (unpaired) electrons. The van der Waals surface area contributed by atoms with Gasteiger partial charge in [-0.15, -0.1) is 0 Å². The normalized spacial score (nSPS) is 33.1. The molecule has 1 fully saturated rings. The Morgan fingerprint density at radius 1 is 1.41 bits per heavy atom. The Morgan fingerprint density at radius 3 is 2.82 bits per heavy atom. The SMILES string of the molecule is C=C1C=CN(C2C[C@H](CCC)CC2C)C(=C)N1. The predicted octanol–water partition coefficient (Wildman–Crippen LogP) is 3.61. The Labute approximate surface area is 105 Å². The second-order valence-electron chi connectivity index (χ2n) is 5.49. The van der Waals surface area contributed by atoms with Gasteiger partial charge in [0.2, 0.25) is 0 Å². The van der Waals surface area contributed by atoms with Crippen LogP contribution in [0.2, 0.25) is 0 Å². The molecule has 17 heavy (non-hydrogen) atoms. The fourth-order valence-corrected chi connectivity index (χ4v) is 3.25. The highest BCUT2D eigenvalue weighted by Gasteiger charge is 2.35. The summed E-state index contributed by atoms with van der Waals surface area (Å²) in [6.45, 7) is 12.6. The van der Waals surface area contributed by atoms with E-state index in [0.29, 0.717) is 6.04 Å². The van der Waals surface area contributed by atoms with Crippen LogP contribution in [0.4, 0.5) is 0 Å². The standard InChI is InChI=1S/C15H24N2/c1-5-6-14-9-11(2)15(10-14)17-8-7-12(3)16-13(17)4/h7-8,11,14-16H,3-6,9-10H2,1-2H3/t11?,14-,15?/m1/s1. The molecule has 0 bridgehead atoms. The Bertz CT molecular complexity index is 343. The van der Waals surface area contributed by atoms with Crippen molar-refractivity contribution in [2.24, 2.45) is 11.8 Å². The summed E-state index contributed by atoms with van der Waals surface area (Å²) in [5.41, 5.74) is 0.932. The van der Waals surface area contributed by atoms with Crippen molar-refractivity contribution in [1.82, 2.24) is 10.2 Å². The van der Waals surface area contributed by atoms with Crippen molar-refractivity contribution in [3.05, 3.63) is 37.0 Å². The minimum Gasteiger partial charge on any atom is -0.343 e. The lowest BCUT2D eigenvalue weighted by molar-refractivity contribution is 0.268. The minimum absolute atomic E-state index is 0.607. The smallest absolute Gasteiger partial charge is 0.103 e. The highest BCUT2D eigenvalue weighted by atomic mass is 15.3. The molecule has 0 spiro atoms. The molecule has 1 aliphatic carbocycles. The number of rotatable bonds is 3. The van der Waals surface area contributed by atoms with Gasteiger partial charge in [-0.05, 0) is 30.8 Å². The summed E-state index contributed by atoms with van der Waals surface area (Å²) in [5, 5.41) is 3.22. The summed E-state index contributed by atoms with van der Waals surface area (Å²) in [6.07, 6.45) is 9.50. The van der Waals surface area contributed by atoms with Gasteiger partial charge in [-0.2, -0.15) is 0 Å². The molecular weight excluding hydrogens is 208 g/mol. The van der Waals surface area contributed by atoms with Crippen molar-refractivity contribution >= 4 is 0 Å². The van der Waals surface area contributed by atoms with E-state index < -0.39 is 0 Å². The maximum atomic E-state index is 4.10. The number of hydrogen-bond acceptors (Lipinski definition) is 2. The van der Waals surface area contributed by atoms with E-state index in [0.717, 1.165) is 23.4 Å². The topological polar surface area (TPSA) is 15.3 Å². The van der Waals surface area contributed by atoms with Crippen LogP contribution in [-0.2, 0) is 0 Å². The number of hydrogen-bond donors (Lipinski definition) is 1. The first-order valence-corrected chi connectivity index (χ1v) is 6.73. The first-order valence-electron chi connectivity index (χ1n) is 6.73. The number of allylic oxidation sites excluding steroid dienone is 1. The van der Waals surface area contributed by atoms with E-state index in [1.54, 1.807) is 0 Å². The third-order valence-corrected chi connectivity index (χ3v) is 4.04. The molecule has 1 heterocycles. The molecule has 2 aliphatic rings. The summed E-state index contributed by atoms with van der Waals surface area (Å²) in [5.74, 6) is 2.62. The van der Waals surface area contributed by atoms with E-state index in [4.69, 9.17) is 0 Å². The van der Waals surface area contributed by atoms with Crippen molar-refractivity contribution in [2.45, 2.75) is 45.6 Å². The molecule has 2 heteroatoms. The monoisotopic (exact) mass is 232 g/mol. The number of nitrogens with one attached hydrogen (secondary N) is 1. The van der Waals surface area contributed by atoms with E-state index in [1.807, 2.05) is 6.08 Å². The van der Waals surface area contributed by atoms with Gasteiger partial charge >= 0.3 is 0 Å². The van der Waals surface area contributed by atoms with Gasteiger partial charge in [-0.25, -0.2) is 0 Å². The molecular formula is C15H24N2. The molecule has 3 atom stereocenters. The third-order valence-electron chi connectivity index (χ3n) is 4.04. The molecule has 1 aliphatic heterocycles. The number of nitrogens with zero attached hydrogens (tertiary/aromatic N) is 1. The fourth-order valence-electron chi connectivity index (χ4n) is 3.25. The average Bonchev–Trinajstić information content (AvgIpc) is 2.60. The molecule has 1 N–H and O–H groups in total. The molecule has 0 aromatic heterocycles. The fraction of sp³-hybridized carbons (Fsp3) is 0.600. The Balaban J connectivity index is 2.05. The van der Waals surface area contributed by atoms with E-state index in [9.17, 15) is 0 Å². The van der Waals surface area contributed by atoms with Crippen LogP contribution < -0.4 is 5.32 Å². The maximum absolute atomic E-state index is 4.10. The summed E-state index contributed by atoms with van der Waals surface area (Å²) in [6, 6.07) is 0.607. The van der Waals surface area contributed by atoms with Crippen LogP contribution in [0.3, 0.4) is 0 Å². The second-order valence-corrected chi connectivity index (χ2v) is 5.49. The van der Waals surface area contributed by atoms with Crippen molar-refractivity contribution in [3.63, 3.8) is 0 Å². The molecule has 0 saturated heterocycles. The van der Waals surface area contributed by atoms with Gasteiger partial charge in [0.1, 0.15) is 5.82 Å². The van der Waals surface area contributed by atoms with Gasteiger partial charge in [0.05, 0.1) is 0 Å². The zero-order chi connectivity index (χ0) is 12.4. The Hall–Kier alpha value is -1.18. The maximum Gasteiger partial charge on any atom is 0.103 e. The summed E-state index contributed by atoms with van der Waals surface area (Å²) < 4.78 is 0. The highest BCUT2D eigenvalue weighted by molar-refractivity contribution is 5.24. The summed E-state index contributed by atoms with van der Waals surface area (Å²) in [7, 11) is 0. The van der Waals surface area contributed by atoms with Gasteiger partial charge in [-0.3, -0.25) is 0 Å². The lowest BCUT2D eigenvalue weighted by atomic mass is 10.0. The molecule has 0 aromatic carbocycles. The Kier molecular flexibility index (Phi) is 3.60. The van der Waals surface area contributed by atoms with Gasteiger partial charge < -0.3 is 10.2 Å². The van der Waals surface area contributed by atoms with E-state index in [-0.39, 0.29) is 0 Å². The van der Waals surface area contributed by atoms with Crippen LogP contribution in [0.1, 0.15) is 39.5 Å². The first-order chi connectivity index (χ1) is 8.11.